The highest BCUT2D eigenvalue weighted by Crippen LogP contribution is 2.45. The van der Waals surface area contributed by atoms with Crippen LogP contribution in [0.15, 0.2) is 17.3 Å². The third kappa shape index (κ3) is 2.07. The molecule has 1 N–H and O–H groups in total. The number of pyridine rings is 1. The largest absolute Gasteiger partial charge is 0.411 e. The van der Waals surface area contributed by atoms with E-state index in [1.54, 1.807) is 0 Å². The van der Waals surface area contributed by atoms with Gasteiger partial charge in [0.15, 0.2) is 0 Å². The van der Waals surface area contributed by atoms with Gasteiger partial charge in [0, 0.05) is 31.4 Å². The van der Waals surface area contributed by atoms with Crippen molar-refractivity contribution in [3.05, 3.63) is 23.4 Å². The first-order valence-electron chi connectivity index (χ1n) is 6.71. The van der Waals surface area contributed by atoms with Crippen molar-refractivity contribution in [1.29, 1.82) is 0 Å². The fraction of sp³-hybridized carbons (Fsp3) is 0.571. The van der Waals surface area contributed by atoms with Crippen LogP contribution in [-0.4, -0.2) is 29.5 Å². The van der Waals surface area contributed by atoms with E-state index in [0.717, 1.165) is 35.3 Å². The van der Waals surface area contributed by atoms with Crippen LogP contribution in [0, 0.1) is 11.8 Å². The number of nitrogens with zero attached hydrogens (tertiary/aromatic N) is 3. The van der Waals surface area contributed by atoms with Crippen LogP contribution in [0.5, 0.6) is 0 Å². The lowest BCUT2D eigenvalue weighted by atomic mass is 10.1. The molecule has 1 saturated carbocycles. The number of fused-ring (bicyclic) bond motifs is 1. The number of rotatable bonds is 4. The first-order valence-corrected chi connectivity index (χ1v) is 6.71. The topological polar surface area (TPSA) is 48.7 Å². The molecule has 96 valence electrons. The zero-order valence-corrected chi connectivity index (χ0v) is 10.7. The SMILES string of the molecule is CCc1nc(N2CC3CC3C2)ccc1C/C=N/O. The van der Waals surface area contributed by atoms with E-state index in [1.165, 1.54) is 25.7 Å². The molecule has 0 aromatic carbocycles. The van der Waals surface area contributed by atoms with Crippen molar-refractivity contribution in [2.24, 2.45) is 17.0 Å². The fourth-order valence-electron chi connectivity index (χ4n) is 2.91. The molecule has 1 aromatic rings. The van der Waals surface area contributed by atoms with Gasteiger partial charge in [-0.3, -0.25) is 0 Å². The van der Waals surface area contributed by atoms with E-state index in [0.29, 0.717) is 6.42 Å². The van der Waals surface area contributed by atoms with Gasteiger partial charge in [-0.15, -0.1) is 5.16 Å². The van der Waals surface area contributed by atoms with Crippen molar-refractivity contribution in [3.63, 3.8) is 0 Å². The number of anilines is 1. The van der Waals surface area contributed by atoms with Crippen molar-refractivity contribution in [1.82, 2.24) is 4.98 Å². The lowest BCUT2D eigenvalue weighted by molar-refractivity contribution is 0.321. The maximum absolute atomic E-state index is 8.49. The Morgan fingerprint density at radius 1 is 1.44 bits per heavy atom. The minimum absolute atomic E-state index is 0.651. The first-order chi connectivity index (χ1) is 8.81. The molecule has 0 amide bonds. The van der Waals surface area contributed by atoms with Crippen molar-refractivity contribution in [3.8, 4) is 0 Å². The molecule has 2 unspecified atom stereocenters. The van der Waals surface area contributed by atoms with Crippen LogP contribution in [0.4, 0.5) is 5.82 Å². The summed E-state index contributed by atoms with van der Waals surface area (Å²) in [5, 5.41) is 11.6. The van der Waals surface area contributed by atoms with Crippen molar-refractivity contribution in [2.45, 2.75) is 26.2 Å². The van der Waals surface area contributed by atoms with Crippen LogP contribution in [0.1, 0.15) is 24.6 Å². The lowest BCUT2D eigenvalue weighted by Gasteiger charge is -2.20. The summed E-state index contributed by atoms with van der Waals surface area (Å²) in [5.41, 5.74) is 2.27. The molecule has 4 nitrogen and oxygen atoms in total. The van der Waals surface area contributed by atoms with Gasteiger partial charge in [0.05, 0.1) is 0 Å². The quantitative estimate of drug-likeness (QED) is 0.502. The zero-order chi connectivity index (χ0) is 12.5. The summed E-state index contributed by atoms with van der Waals surface area (Å²) in [6.07, 6.45) is 4.50. The van der Waals surface area contributed by atoms with Crippen LogP contribution in [0.3, 0.4) is 0 Å². The molecule has 2 atom stereocenters. The summed E-state index contributed by atoms with van der Waals surface area (Å²) in [4.78, 5) is 7.17. The van der Waals surface area contributed by atoms with E-state index < -0.39 is 0 Å². The summed E-state index contributed by atoms with van der Waals surface area (Å²) < 4.78 is 0. The average Bonchev–Trinajstić information content (AvgIpc) is 3.02. The number of piperidine rings is 1. The Morgan fingerprint density at radius 2 is 2.22 bits per heavy atom. The summed E-state index contributed by atoms with van der Waals surface area (Å²) in [5.74, 6) is 2.97. The van der Waals surface area contributed by atoms with Crippen LogP contribution >= 0.6 is 0 Å². The van der Waals surface area contributed by atoms with Crippen LogP contribution in [0.2, 0.25) is 0 Å². The first kappa shape index (κ1) is 11.5. The van der Waals surface area contributed by atoms with Gasteiger partial charge in [0.25, 0.3) is 0 Å². The molecule has 3 rings (SSSR count). The lowest BCUT2D eigenvalue weighted by Crippen LogP contribution is -2.23. The van der Waals surface area contributed by atoms with Gasteiger partial charge in [0.1, 0.15) is 5.82 Å². The Kier molecular flexibility index (Phi) is 2.94. The maximum atomic E-state index is 8.49. The minimum atomic E-state index is 0.651. The van der Waals surface area contributed by atoms with E-state index >= 15 is 0 Å². The van der Waals surface area contributed by atoms with Gasteiger partial charge < -0.3 is 10.1 Å². The zero-order valence-electron chi connectivity index (χ0n) is 10.7. The maximum Gasteiger partial charge on any atom is 0.128 e. The second-order valence-corrected chi connectivity index (χ2v) is 5.29. The van der Waals surface area contributed by atoms with Crippen LogP contribution in [-0.2, 0) is 12.8 Å². The Hall–Kier alpha value is -1.58. The highest BCUT2D eigenvalue weighted by molar-refractivity contribution is 5.61. The summed E-state index contributed by atoms with van der Waals surface area (Å²) in [6.45, 7) is 4.48. The van der Waals surface area contributed by atoms with E-state index in [2.05, 4.69) is 29.1 Å². The molecule has 2 aliphatic rings. The molecular weight excluding hydrogens is 226 g/mol. The second kappa shape index (κ2) is 4.59. The Labute approximate surface area is 107 Å². The van der Waals surface area contributed by atoms with Gasteiger partial charge in [-0.1, -0.05) is 13.0 Å². The monoisotopic (exact) mass is 245 g/mol. The Bertz CT molecular complexity index is 462. The molecule has 2 fully saturated rings. The molecule has 18 heavy (non-hydrogen) atoms. The minimum Gasteiger partial charge on any atom is -0.411 e. The molecule has 1 saturated heterocycles. The van der Waals surface area contributed by atoms with Gasteiger partial charge in [-0.2, -0.15) is 0 Å². The summed E-state index contributed by atoms with van der Waals surface area (Å²) in [7, 11) is 0. The molecule has 1 aliphatic carbocycles. The number of hydrogen-bond donors (Lipinski definition) is 1. The fourth-order valence-corrected chi connectivity index (χ4v) is 2.91. The van der Waals surface area contributed by atoms with E-state index in [4.69, 9.17) is 10.2 Å². The number of hydrogen-bond acceptors (Lipinski definition) is 4. The molecule has 0 bridgehead atoms. The third-order valence-electron chi connectivity index (χ3n) is 4.08. The van der Waals surface area contributed by atoms with Gasteiger partial charge in [-0.25, -0.2) is 4.98 Å². The van der Waals surface area contributed by atoms with Gasteiger partial charge in [0.2, 0.25) is 0 Å². The Morgan fingerprint density at radius 3 is 2.89 bits per heavy atom. The number of aromatic nitrogens is 1. The number of aryl methyl sites for hydroxylation is 1. The van der Waals surface area contributed by atoms with E-state index in [-0.39, 0.29) is 0 Å². The molecule has 0 spiro atoms. The van der Waals surface area contributed by atoms with Crippen LogP contribution < -0.4 is 4.90 Å². The highest BCUT2D eigenvalue weighted by Gasteiger charge is 2.45. The van der Waals surface area contributed by atoms with Gasteiger partial charge >= 0.3 is 0 Å². The average molecular weight is 245 g/mol. The predicted octanol–water partition coefficient (Wildman–Crippen LogP) is 2.10. The van der Waals surface area contributed by atoms with Crippen molar-refractivity contribution >= 4 is 12.0 Å². The van der Waals surface area contributed by atoms with Gasteiger partial charge in [-0.05, 0) is 36.3 Å². The number of oxime groups is 1. The van der Waals surface area contributed by atoms with E-state index in [9.17, 15) is 0 Å². The normalized spacial score (nSPS) is 25.7. The highest BCUT2D eigenvalue weighted by atomic mass is 16.4. The Balaban J connectivity index is 1.79. The third-order valence-corrected chi connectivity index (χ3v) is 4.08. The van der Waals surface area contributed by atoms with Crippen molar-refractivity contribution in [2.75, 3.05) is 18.0 Å². The standard InChI is InChI=1S/C14H19N3O/c1-2-13-10(5-6-15-18)3-4-14(16-13)17-8-11-7-12(11)9-17/h3-4,6,11-12,18H,2,5,7-9H2,1H3/b15-6+. The molecule has 4 heteroatoms. The molecule has 0 radical (unpaired) electrons. The molecular formula is C14H19N3O. The molecule has 1 aromatic heterocycles. The predicted molar refractivity (Wildman–Crippen MR) is 71.4 cm³/mol. The molecule has 1 aliphatic heterocycles. The smallest absolute Gasteiger partial charge is 0.128 e. The van der Waals surface area contributed by atoms with Crippen LogP contribution in [0.25, 0.3) is 0 Å². The second-order valence-electron chi connectivity index (χ2n) is 5.29. The van der Waals surface area contributed by atoms with E-state index in [1.807, 2.05) is 0 Å². The summed E-state index contributed by atoms with van der Waals surface area (Å²) in [6, 6.07) is 4.22. The molecule has 2 heterocycles. The van der Waals surface area contributed by atoms with Crippen molar-refractivity contribution < 1.29 is 5.21 Å². The summed E-state index contributed by atoms with van der Waals surface area (Å²) >= 11 is 0.